The number of methoxy groups -OCH3 is 1. The largest absolute Gasteiger partial charge is 0.495 e. The summed E-state index contributed by atoms with van der Waals surface area (Å²) in [7, 11) is 1.62. The van der Waals surface area contributed by atoms with Gasteiger partial charge in [0.05, 0.1) is 30.9 Å². The molecule has 0 radical (unpaired) electrons. The summed E-state index contributed by atoms with van der Waals surface area (Å²) in [5.74, 6) is 2.64. The Labute approximate surface area is 188 Å². The van der Waals surface area contributed by atoms with E-state index in [4.69, 9.17) is 14.5 Å². The number of pyridine rings is 3. The fourth-order valence-corrected chi connectivity index (χ4v) is 3.87. The van der Waals surface area contributed by atoms with Gasteiger partial charge in [-0.3, -0.25) is 14.8 Å². The number of hydrogen-bond acceptors (Lipinski definition) is 6. The van der Waals surface area contributed by atoms with E-state index in [0.717, 1.165) is 60.8 Å². The zero-order chi connectivity index (χ0) is 22.3. The van der Waals surface area contributed by atoms with Gasteiger partial charge in [0.25, 0.3) is 0 Å². The molecule has 5 rings (SSSR count). The maximum atomic E-state index is 11.8. The van der Waals surface area contributed by atoms with Crippen molar-refractivity contribution in [3.63, 3.8) is 0 Å². The Kier molecular flexibility index (Phi) is 7.14. The minimum atomic E-state index is 0.145. The molecule has 0 aromatic carbocycles. The summed E-state index contributed by atoms with van der Waals surface area (Å²) in [6.45, 7) is 3.99. The van der Waals surface area contributed by atoms with Gasteiger partial charge in [-0.05, 0) is 61.9 Å². The first-order chi connectivity index (χ1) is 15.6. The van der Waals surface area contributed by atoms with Crippen LogP contribution in [0.2, 0.25) is 0 Å². The van der Waals surface area contributed by atoms with Crippen LogP contribution in [0.25, 0.3) is 11.0 Å². The average molecular weight is 435 g/mol. The summed E-state index contributed by atoms with van der Waals surface area (Å²) in [5, 5.41) is 0. The van der Waals surface area contributed by atoms with Crippen molar-refractivity contribution in [1.29, 1.82) is 0 Å². The number of nitrogens with zero attached hydrogens (tertiary/aromatic N) is 4. The lowest BCUT2D eigenvalue weighted by atomic mass is 9.91. The Morgan fingerprint density at radius 3 is 2.69 bits per heavy atom. The maximum Gasteiger partial charge on any atom is 0.219 e. The molecule has 0 N–H and O–H groups in total. The molecule has 2 aliphatic rings. The number of likely N-dealkylation sites (tertiary alicyclic amines) is 1. The summed E-state index contributed by atoms with van der Waals surface area (Å²) in [6, 6.07) is 9.67. The quantitative estimate of drug-likeness (QED) is 0.598. The fraction of sp³-hybridized carbons (Fsp3) is 0.440. The van der Waals surface area contributed by atoms with E-state index >= 15 is 0 Å². The van der Waals surface area contributed by atoms with Gasteiger partial charge < -0.3 is 14.4 Å². The lowest BCUT2D eigenvalue weighted by Gasteiger charge is -2.32. The highest BCUT2D eigenvalue weighted by Crippen LogP contribution is 2.36. The maximum absolute atomic E-state index is 11.8. The monoisotopic (exact) mass is 434 g/mol. The van der Waals surface area contributed by atoms with Crippen LogP contribution >= 0.6 is 0 Å². The van der Waals surface area contributed by atoms with Crippen LogP contribution in [-0.2, 0) is 4.79 Å². The molecule has 4 heterocycles. The van der Waals surface area contributed by atoms with Gasteiger partial charge in [-0.2, -0.15) is 0 Å². The highest BCUT2D eigenvalue weighted by Gasteiger charge is 2.28. The van der Waals surface area contributed by atoms with E-state index in [-0.39, 0.29) is 11.8 Å². The molecule has 7 nitrogen and oxygen atoms in total. The lowest BCUT2D eigenvalue weighted by molar-refractivity contribution is -0.130. The number of piperidine rings is 1. The molecule has 1 amide bonds. The van der Waals surface area contributed by atoms with Crippen molar-refractivity contribution in [2.45, 2.75) is 38.5 Å². The van der Waals surface area contributed by atoms with Crippen LogP contribution in [0.5, 0.6) is 11.6 Å². The molecular formula is C25H30N4O3. The highest BCUT2D eigenvalue weighted by molar-refractivity contribution is 5.76. The van der Waals surface area contributed by atoms with E-state index in [2.05, 4.69) is 16.0 Å². The van der Waals surface area contributed by atoms with Gasteiger partial charge in [-0.15, -0.1) is 0 Å². The number of amides is 1. The molecule has 1 saturated heterocycles. The minimum Gasteiger partial charge on any atom is -0.495 e. The zero-order valence-electron chi connectivity index (χ0n) is 18.7. The van der Waals surface area contributed by atoms with E-state index in [1.165, 1.54) is 12.8 Å². The minimum absolute atomic E-state index is 0.145. The van der Waals surface area contributed by atoms with E-state index in [1.807, 2.05) is 29.2 Å². The normalized spacial score (nSPS) is 17.9. The summed E-state index contributed by atoms with van der Waals surface area (Å²) in [6.07, 6.45) is 9.76. The van der Waals surface area contributed by atoms with Crippen LogP contribution in [0.4, 0.5) is 0 Å². The topological polar surface area (TPSA) is 77.4 Å². The smallest absolute Gasteiger partial charge is 0.219 e. The summed E-state index contributed by atoms with van der Waals surface area (Å²) in [4.78, 5) is 26.7. The summed E-state index contributed by atoms with van der Waals surface area (Å²) >= 11 is 0. The first kappa shape index (κ1) is 22.0. The van der Waals surface area contributed by atoms with Gasteiger partial charge in [-0.1, -0.05) is 0 Å². The Bertz CT molecular complexity index is 1040. The van der Waals surface area contributed by atoms with E-state index in [9.17, 15) is 4.79 Å². The SMILES string of the molecule is CC(=O)N1CCCC(c2cc3ncccc3nc2OCC2CC2)C1.COc1cccnc1. The van der Waals surface area contributed by atoms with Crippen molar-refractivity contribution in [2.75, 3.05) is 26.8 Å². The predicted molar refractivity (Wildman–Crippen MR) is 123 cm³/mol. The second-order valence-electron chi connectivity index (χ2n) is 8.38. The Hall–Kier alpha value is -3.22. The third-order valence-corrected chi connectivity index (χ3v) is 5.91. The molecule has 7 heteroatoms. The molecule has 1 atom stereocenters. The predicted octanol–water partition coefficient (Wildman–Crippen LogP) is 4.23. The molecule has 168 valence electrons. The van der Waals surface area contributed by atoms with Crippen molar-refractivity contribution in [3.8, 4) is 11.6 Å². The molecule has 1 aliphatic carbocycles. The van der Waals surface area contributed by atoms with Crippen LogP contribution in [0, 0.1) is 5.92 Å². The number of carbonyl (C=O) groups is 1. The molecule has 3 aromatic heterocycles. The second-order valence-corrected chi connectivity index (χ2v) is 8.38. The van der Waals surface area contributed by atoms with Crippen LogP contribution in [0.1, 0.15) is 44.1 Å². The first-order valence-corrected chi connectivity index (χ1v) is 11.2. The average Bonchev–Trinajstić information content (AvgIpc) is 3.68. The molecule has 32 heavy (non-hydrogen) atoms. The van der Waals surface area contributed by atoms with Crippen molar-refractivity contribution in [2.24, 2.45) is 5.92 Å². The molecule has 0 bridgehead atoms. The Morgan fingerprint density at radius 1 is 1.16 bits per heavy atom. The van der Waals surface area contributed by atoms with Crippen LogP contribution in [0.3, 0.4) is 0 Å². The number of aromatic nitrogens is 3. The third-order valence-electron chi connectivity index (χ3n) is 5.91. The fourth-order valence-electron chi connectivity index (χ4n) is 3.87. The van der Waals surface area contributed by atoms with E-state index in [1.54, 1.807) is 32.6 Å². The molecule has 1 unspecified atom stereocenters. The molecule has 0 spiro atoms. The summed E-state index contributed by atoms with van der Waals surface area (Å²) in [5.41, 5.74) is 2.87. The first-order valence-electron chi connectivity index (χ1n) is 11.2. The Balaban J connectivity index is 0.000000260. The van der Waals surface area contributed by atoms with Crippen molar-refractivity contribution in [3.05, 3.63) is 54.5 Å². The van der Waals surface area contributed by atoms with Crippen molar-refractivity contribution in [1.82, 2.24) is 19.9 Å². The van der Waals surface area contributed by atoms with Gasteiger partial charge in [-0.25, -0.2) is 4.98 Å². The number of hydrogen-bond donors (Lipinski definition) is 0. The third kappa shape index (κ3) is 5.72. The Morgan fingerprint density at radius 2 is 2.00 bits per heavy atom. The zero-order valence-corrected chi connectivity index (χ0v) is 18.7. The van der Waals surface area contributed by atoms with Gasteiger partial charge in [0.1, 0.15) is 5.75 Å². The van der Waals surface area contributed by atoms with Gasteiger partial charge in [0.2, 0.25) is 11.8 Å². The van der Waals surface area contributed by atoms with Crippen LogP contribution in [0.15, 0.2) is 48.9 Å². The van der Waals surface area contributed by atoms with Crippen molar-refractivity contribution < 1.29 is 14.3 Å². The molecule has 3 aromatic rings. The van der Waals surface area contributed by atoms with Crippen LogP contribution < -0.4 is 9.47 Å². The van der Waals surface area contributed by atoms with E-state index in [0.29, 0.717) is 5.92 Å². The van der Waals surface area contributed by atoms with Crippen LogP contribution in [-0.4, -0.2) is 52.6 Å². The molecule has 1 saturated carbocycles. The van der Waals surface area contributed by atoms with Crippen molar-refractivity contribution >= 4 is 16.9 Å². The van der Waals surface area contributed by atoms with Gasteiger partial charge >= 0.3 is 0 Å². The number of ether oxygens (including phenoxy) is 2. The standard InChI is InChI=1S/C19H23N3O2.C6H7NO/c1-13(23)22-9-3-4-15(11-22)16-10-18-17(5-2-8-20-18)21-19(16)24-12-14-6-7-14;1-8-6-3-2-4-7-5-6/h2,5,8,10,14-15H,3-4,6-7,9,11-12H2,1H3;2-5H,1H3. The number of fused-ring (bicyclic) bond motifs is 1. The summed E-state index contributed by atoms with van der Waals surface area (Å²) < 4.78 is 10.9. The van der Waals surface area contributed by atoms with E-state index < -0.39 is 0 Å². The second kappa shape index (κ2) is 10.4. The highest BCUT2D eigenvalue weighted by atomic mass is 16.5. The molecular weight excluding hydrogens is 404 g/mol. The molecule has 1 aliphatic heterocycles. The van der Waals surface area contributed by atoms with Gasteiger partial charge in [0, 0.05) is 43.9 Å². The number of rotatable bonds is 5. The van der Waals surface area contributed by atoms with Gasteiger partial charge in [0.15, 0.2) is 0 Å². The number of carbonyl (C=O) groups excluding carboxylic acids is 1. The lowest BCUT2D eigenvalue weighted by Crippen LogP contribution is -2.37. The molecule has 2 fully saturated rings.